The second-order valence-corrected chi connectivity index (χ2v) is 8.96. The van der Waals surface area contributed by atoms with Crippen LogP contribution in [0.3, 0.4) is 0 Å². The summed E-state index contributed by atoms with van der Waals surface area (Å²) in [7, 11) is 1.81. The molecule has 2 aromatic rings. The second-order valence-electron chi connectivity index (χ2n) is 8.96. The van der Waals surface area contributed by atoms with Crippen LogP contribution >= 0.6 is 0 Å². The zero-order chi connectivity index (χ0) is 22.7. The molecule has 2 aliphatic rings. The van der Waals surface area contributed by atoms with E-state index < -0.39 is 6.04 Å². The zero-order valence-electron chi connectivity index (χ0n) is 19.1. The Balaban J connectivity index is 1.47. The lowest BCUT2D eigenvalue weighted by molar-refractivity contribution is -0.152. The van der Waals surface area contributed by atoms with Gasteiger partial charge in [0.25, 0.3) is 0 Å². The molecule has 2 aliphatic heterocycles. The van der Waals surface area contributed by atoms with Crippen molar-refractivity contribution in [1.82, 2.24) is 19.7 Å². The number of aromatic nitrogens is 1. The molecule has 2 fully saturated rings. The summed E-state index contributed by atoms with van der Waals surface area (Å²) in [6, 6.07) is 11.6. The van der Waals surface area contributed by atoms with Gasteiger partial charge in [-0.1, -0.05) is 30.3 Å². The van der Waals surface area contributed by atoms with Crippen LogP contribution in [0, 0.1) is 0 Å². The normalized spacial score (nSPS) is 24.6. The van der Waals surface area contributed by atoms with E-state index in [1.54, 1.807) is 16.0 Å². The van der Waals surface area contributed by atoms with E-state index >= 15 is 0 Å². The highest BCUT2D eigenvalue weighted by atomic mass is 16.5. The van der Waals surface area contributed by atoms with Gasteiger partial charge in [0, 0.05) is 52.0 Å². The van der Waals surface area contributed by atoms with Gasteiger partial charge in [0.2, 0.25) is 11.8 Å². The third-order valence-electron chi connectivity index (χ3n) is 6.27. The SMILES string of the molecule is C[C@@H]1CN(CC(=O)N2CCN(C)C(=O)[C@H]2Cc2ccc(-c3cccnc3)cc2)C[C@@H](C)O1. The fourth-order valence-corrected chi connectivity index (χ4v) is 4.69. The average Bonchev–Trinajstić information content (AvgIpc) is 2.77. The molecule has 4 rings (SSSR count). The maximum Gasteiger partial charge on any atom is 0.245 e. The zero-order valence-corrected chi connectivity index (χ0v) is 19.1. The van der Waals surface area contributed by atoms with Crippen LogP contribution in [-0.4, -0.2) is 89.5 Å². The lowest BCUT2D eigenvalue weighted by Gasteiger charge is -2.41. The minimum absolute atomic E-state index is 0.00431. The predicted molar refractivity (Wildman–Crippen MR) is 123 cm³/mol. The first kappa shape index (κ1) is 22.4. The van der Waals surface area contributed by atoms with E-state index in [1.807, 2.05) is 63.5 Å². The van der Waals surface area contributed by atoms with Gasteiger partial charge in [-0.2, -0.15) is 0 Å². The van der Waals surface area contributed by atoms with Gasteiger partial charge >= 0.3 is 0 Å². The van der Waals surface area contributed by atoms with E-state index in [9.17, 15) is 9.59 Å². The summed E-state index contributed by atoms with van der Waals surface area (Å²) in [5.74, 6) is 0.0226. The van der Waals surface area contributed by atoms with Crippen LogP contribution in [0.2, 0.25) is 0 Å². The summed E-state index contributed by atoms with van der Waals surface area (Å²) >= 11 is 0. The van der Waals surface area contributed by atoms with E-state index in [0.717, 1.165) is 29.8 Å². The van der Waals surface area contributed by atoms with Crippen LogP contribution in [0.5, 0.6) is 0 Å². The van der Waals surface area contributed by atoms with Crippen LogP contribution in [0.15, 0.2) is 48.8 Å². The Hall–Kier alpha value is -2.77. The molecule has 3 atom stereocenters. The first-order valence-electron chi connectivity index (χ1n) is 11.3. The number of rotatable bonds is 5. The lowest BCUT2D eigenvalue weighted by atomic mass is 9.98. The van der Waals surface area contributed by atoms with Crippen LogP contribution in [-0.2, 0) is 20.7 Å². The quantitative estimate of drug-likeness (QED) is 0.718. The molecule has 7 heteroatoms. The lowest BCUT2D eigenvalue weighted by Crippen LogP contribution is -2.60. The van der Waals surface area contributed by atoms with Gasteiger partial charge in [0.05, 0.1) is 18.8 Å². The maximum absolute atomic E-state index is 13.2. The molecule has 0 aliphatic carbocycles. The molecule has 2 amide bonds. The van der Waals surface area contributed by atoms with Gasteiger partial charge in [0.1, 0.15) is 6.04 Å². The largest absolute Gasteiger partial charge is 0.373 e. The fourth-order valence-electron chi connectivity index (χ4n) is 4.69. The van der Waals surface area contributed by atoms with Gasteiger partial charge in [-0.15, -0.1) is 0 Å². The number of hydrogen-bond acceptors (Lipinski definition) is 5. The molecule has 0 N–H and O–H groups in total. The molecule has 0 spiro atoms. The highest BCUT2D eigenvalue weighted by Crippen LogP contribution is 2.22. The number of hydrogen-bond donors (Lipinski definition) is 0. The van der Waals surface area contributed by atoms with Gasteiger partial charge in [0.15, 0.2) is 0 Å². The standard InChI is InChI=1S/C25H32N4O3/c1-18-15-28(16-19(2)32-18)17-24(30)29-12-11-27(3)25(31)23(29)13-20-6-8-21(9-7-20)22-5-4-10-26-14-22/h4-10,14,18-19,23H,11-13,15-17H2,1-3H3/t18-,19-,23-/m1/s1. The van der Waals surface area contributed by atoms with E-state index in [1.165, 1.54) is 0 Å². The molecule has 0 bridgehead atoms. The number of carbonyl (C=O) groups is 2. The van der Waals surface area contributed by atoms with Crippen LogP contribution in [0.1, 0.15) is 19.4 Å². The third kappa shape index (κ3) is 5.16. The van der Waals surface area contributed by atoms with Crippen LogP contribution < -0.4 is 0 Å². The number of benzene rings is 1. The van der Waals surface area contributed by atoms with Gasteiger partial charge < -0.3 is 14.5 Å². The monoisotopic (exact) mass is 436 g/mol. The first-order valence-corrected chi connectivity index (χ1v) is 11.3. The molecule has 170 valence electrons. The van der Waals surface area contributed by atoms with Crippen molar-refractivity contribution in [1.29, 1.82) is 0 Å². The van der Waals surface area contributed by atoms with Gasteiger partial charge in [-0.25, -0.2) is 0 Å². The van der Waals surface area contributed by atoms with Crippen molar-refractivity contribution in [3.8, 4) is 11.1 Å². The highest BCUT2D eigenvalue weighted by Gasteiger charge is 2.37. The molecule has 7 nitrogen and oxygen atoms in total. The van der Waals surface area contributed by atoms with Crippen molar-refractivity contribution < 1.29 is 14.3 Å². The molecule has 0 saturated carbocycles. The van der Waals surface area contributed by atoms with E-state index in [-0.39, 0.29) is 24.0 Å². The molecule has 3 heterocycles. The number of pyridine rings is 1. The van der Waals surface area contributed by atoms with Crippen LogP contribution in [0.4, 0.5) is 0 Å². The van der Waals surface area contributed by atoms with Crippen molar-refractivity contribution in [3.63, 3.8) is 0 Å². The minimum Gasteiger partial charge on any atom is -0.373 e. The number of nitrogens with zero attached hydrogens (tertiary/aromatic N) is 4. The van der Waals surface area contributed by atoms with Crippen molar-refractivity contribution >= 4 is 11.8 Å². The smallest absolute Gasteiger partial charge is 0.245 e. The Bertz CT molecular complexity index is 924. The fraction of sp³-hybridized carbons (Fsp3) is 0.480. The summed E-state index contributed by atoms with van der Waals surface area (Å²) in [6.07, 6.45) is 4.32. The second kappa shape index (κ2) is 9.79. The molecule has 0 radical (unpaired) electrons. The molecular formula is C25H32N4O3. The summed E-state index contributed by atoms with van der Waals surface area (Å²) in [4.78, 5) is 36.1. The molecule has 1 aromatic carbocycles. The number of likely N-dealkylation sites (N-methyl/N-ethyl adjacent to an activating group) is 1. The Labute approximate surface area is 190 Å². The number of morpholine rings is 1. The minimum atomic E-state index is -0.471. The molecule has 1 aromatic heterocycles. The summed E-state index contributed by atoms with van der Waals surface area (Å²) < 4.78 is 5.78. The summed E-state index contributed by atoms with van der Waals surface area (Å²) in [6.45, 7) is 6.99. The van der Waals surface area contributed by atoms with Gasteiger partial charge in [-0.05, 0) is 36.6 Å². The summed E-state index contributed by atoms with van der Waals surface area (Å²) in [5.41, 5.74) is 3.17. The predicted octanol–water partition coefficient (Wildman–Crippen LogP) is 2.07. The van der Waals surface area contributed by atoms with E-state index in [2.05, 4.69) is 9.88 Å². The Morgan fingerprint density at radius 3 is 2.44 bits per heavy atom. The number of amides is 2. The first-order chi connectivity index (χ1) is 15.4. The van der Waals surface area contributed by atoms with Crippen LogP contribution in [0.25, 0.3) is 11.1 Å². The molecular weight excluding hydrogens is 404 g/mol. The van der Waals surface area contributed by atoms with Crippen molar-refractivity contribution in [3.05, 3.63) is 54.4 Å². The Morgan fingerprint density at radius 1 is 1.06 bits per heavy atom. The summed E-state index contributed by atoms with van der Waals surface area (Å²) in [5, 5.41) is 0. The van der Waals surface area contributed by atoms with Crippen molar-refractivity contribution in [2.75, 3.05) is 39.8 Å². The van der Waals surface area contributed by atoms with Crippen molar-refractivity contribution in [2.24, 2.45) is 0 Å². The third-order valence-corrected chi connectivity index (χ3v) is 6.27. The van der Waals surface area contributed by atoms with E-state index in [0.29, 0.717) is 26.1 Å². The number of piperazine rings is 1. The molecule has 0 unspecified atom stereocenters. The average molecular weight is 437 g/mol. The topological polar surface area (TPSA) is 66.0 Å². The molecule has 32 heavy (non-hydrogen) atoms. The molecule has 2 saturated heterocycles. The Morgan fingerprint density at radius 2 is 1.78 bits per heavy atom. The van der Waals surface area contributed by atoms with Gasteiger partial charge in [-0.3, -0.25) is 19.5 Å². The van der Waals surface area contributed by atoms with Crippen molar-refractivity contribution in [2.45, 2.75) is 38.5 Å². The van der Waals surface area contributed by atoms with E-state index in [4.69, 9.17) is 4.74 Å². The number of ether oxygens (including phenoxy) is 1. The Kier molecular flexibility index (Phi) is 6.86. The number of carbonyl (C=O) groups excluding carboxylic acids is 2. The maximum atomic E-state index is 13.2. The highest BCUT2D eigenvalue weighted by molar-refractivity contribution is 5.89.